The first-order chi connectivity index (χ1) is 6.33. The molecule has 3 nitrogen and oxygen atoms in total. The van der Waals surface area contributed by atoms with Gasteiger partial charge in [-0.2, -0.15) is 0 Å². The molecule has 1 heterocycles. The highest BCUT2D eigenvalue weighted by atomic mass is 15.1. The fourth-order valence-corrected chi connectivity index (χ4v) is 1.89. The van der Waals surface area contributed by atoms with Crippen LogP contribution in [0.25, 0.3) is 0 Å². The van der Waals surface area contributed by atoms with Gasteiger partial charge in [0, 0.05) is 6.54 Å². The Balaban J connectivity index is 1.88. The van der Waals surface area contributed by atoms with Gasteiger partial charge in [0.2, 0.25) is 0 Å². The molecule has 3 N–H and O–H groups in total. The predicted octanol–water partition coefficient (Wildman–Crippen LogP) is 0.267. The molecular formula is C10H23N3. The van der Waals surface area contributed by atoms with Crippen molar-refractivity contribution in [3.05, 3.63) is 0 Å². The molecule has 0 aromatic heterocycles. The van der Waals surface area contributed by atoms with Crippen molar-refractivity contribution in [3.63, 3.8) is 0 Å². The number of nitrogens with two attached hydrogens (primary N) is 1. The van der Waals surface area contributed by atoms with Crippen LogP contribution in [0.2, 0.25) is 0 Å². The summed E-state index contributed by atoms with van der Waals surface area (Å²) in [6.45, 7) is 5.69. The van der Waals surface area contributed by atoms with Crippen LogP contribution >= 0.6 is 0 Å². The van der Waals surface area contributed by atoms with Crippen LogP contribution in [0.1, 0.15) is 19.3 Å². The maximum Gasteiger partial charge on any atom is 0.00192 e. The highest BCUT2D eigenvalue weighted by molar-refractivity contribution is 4.74. The van der Waals surface area contributed by atoms with Gasteiger partial charge in [-0.05, 0) is 58.4 Å². The van der Waals surface area contributed by atoms with E-state index in [1.807, 2.05) is 0 Å². The number of rotatable bonds is 6. The molecule has 1 aliphatic heterocycles. The van der Waals surface area contributed by atoms with E-state index in [-0.39, 0.29) is 0 Å². The molecule has 0 amide bonds. The van der Waals surface area contributed by atoms with Gasteiger partial charge in [-0.25, -0.2) is 0 Å². The molecule has 0 saturated carbocycles. The monoisotopic (exact) mass is 185 g/mol. The van der Waals surface area contributed by atoms with Gasteiger partial charge in [0.25, 0.3) is 0 Å². The summed E-state index contributed by atoms with van der Waals surface area (Å²) in [5, 5.41) is 3.50. The van der Waals surface area contributed by atoms with Crippen molar-refractivity contribution in [2.75, 3.05) is 39.8 Å². The van der Waals surface area contributed by atoms with Gasteiger partial charge in [-0.1, -0.05) is 0 Å². The molecule has 0 aromatic rings. The SMILES string of the molecule is CN1CCC(CNCCCCN)C1. The third-order valence-corrected chi connectivity index (χ3v) is 2.73. The summed E-state index contributed by atoms with van der Waals surface area (Å²) in [6.07, 6.45) is 3.73. The lowest BCUT2D eigenvalue weighted by atomic mass is 10.1. The molecule has 1 atom stereocenters. The van der Waals surface area contributed by atoms with Gasteiger partial charge in [0.1, 0.15) is 0 Å². The molecule has 0 spiro atoms. The first kappa shape index (κ1) is 11.0. The molecular weight excluding hydrogens is 162 g/mol. The van der Waals surface area contributed by atoms with Crippen LogP contribution in [0.15, 0.2) is 0 Å². The highest BCUT2D eigenvalue weighted by Crippen LogP contribution is 2.12. The van der Waals surface area contributed by atoms with Gasteiger partial charge < -0.3 is 16.0 Å². The smallest absolute Gasteiger partial charge is 0.00192 e. The molecule has 1 fully saturated rings. The lowest BCUT2D eigenvalue weighted by molar-refractivity contribution is 0.388. The van der Waals surface area contributed by atoms with Crippen molar-refractivity contribution in [1.82, 2.24) is 10.2 Å². The Kier molecular flexibility index (Phi) is 5.35. The van der Waals surface area contributed by atoms with Crippen molar-refractivity contribution < 1.29 is 0 Å². The Bertz CT molecular complexity index is 127. The van der Waals surface area contributed by atoms with Crippen LogP contribution in [0.5, 0.6) is 0 Å². The zero-order chi connectivity index (χ0) is 9.52. The zero-order valence-electron chi connectivity index (χ0n) is 8.76. The maximum atomic E-state index is 5.42. The van der Waals surface area contributed by atoms with Crippen molar-refractivity contribution in [1.29, 1.82) is 0 Å². The number of unbranched alkanes of at least 4 members (excludes halogenated alkanes) is 1. The van der Waals surface area contributed by atoms with E-state index in [4.69, 9.17) is 5.73 Å². The third-order valence-electron chi connectivity index (χ3n) is 2.73. The standard InChI is InChI=1S/C10H23N3/c1-13-7-4-10(9-13)8-12-6-3-2-5-11/h10,12H,2-9,11H2,1H3. The van der Waals surface area contributed by atoms with Gasteiger partial charge in [0.15, 0.2) is 0 Å². The minimum absolute atomic E-state index is 0.827. The molecule has 3 heteroatoms. The number of hydrogen-bond acceptors (Lipinski definition) is 3. The maximum absolute atomic E-state index is 5.42. The van der Waals surface area contributed by atoms with Crippen LogP contribution in [-0.4, -0.2) is 44.7 Å². The summed E-state index contributed by atoms with van der Waals surface area (Å²) in [5.41, 5.74) is 5.42. The van der Waals surface area contributed by atoms with Gasteiger partial charge in [-0.3, -0.25) is 0 Å². The van der Waals surface area contributed by atoms with Crippen LogP contribution in [-0.2, 0) is 0 Å². The summed E-state index contributed by atoms with van der Waals surface area (Å²) in [7, 11) is 2.20. The molecule has 1 rings (SSSR count). The Hall–Kier alpha value is -0.120. The first-order valence-electron chi connectivity index (χ1n) is 5.42. The third kappa shape index (κ3) is 4.60. The Labute approximate surface area is 81.7 Å². The molecule has 0 radical (unpaired) electrons. The fourth-order valence-electron chi connectivity index (χ4n) is 1.89. The van der Waals surface area contributed by atoms with Crippen LogP contribution in [0, 0.1) is 5.92 Å². The van der Waals surface area contributed by atoms with E-state index < -0.39 is 0 Å². The summed E-state index contributed by atoms with van der Waals surface area (Å²) in [5.74, 6) is 0.878. The Morgan fingerprint density at radius 3 is 2.92 bits per heavy atom. The second kappa shape index (κ2) is 6.35. The first-order valence-corrected chi connectivity index (χ1v) is 5.42. The lowest BCUT2D eigenvalue weighted by Crippen LogP contribution is -2.26. The molecule has 1 saturated heterocycles. The average Bonchev–Trinajstić information content (AvgIpc) is 2.51. The Morgan fingerprint density at radius 2 is 2.31 bits per heavy atom. The van der Waals surface area contributed by atoms with Crippen molar-refractivity contribution in [2.24, 2.45) is 11.7 Å². The summed E-state index contributed by atoms with van der Waals surface area (Å²) >= 11 is 0. The predicted molar refractivity (Wildman–Crippen MR) is 56.8 cm³/mol. The molecule has 1 unspecified atom stereocenters. The summed E-state index contributed by atoms with van der Waals surface area (Å²) in [4.78, 5) is 2.41. The van der Waals surface area contributed by atoms with Crippen LogP contribution < -0.4 is 11.1 Å². The molecule has 0 bridgehead atoms. The molecule has 1 aliphatic rings. The largest absolute Gasteiger partial charge is 0.330 e. The van der Waals surface area contributed by atoms with Gasteiger partial charge >= 0.3 is 0 Å². The van der Waals surface area contributed by atoms with E-state index in [1.54, 1.807) is 0 Å². The number of hydrogen-bond donors (Lipinski definition) is 2. The second-order valence-electron chi connectivity index (χ2n) is 4.12. The summed E-state index contributed by atoms with van der Waals surface area (Å²) in [6, 6.07) is 0. The van der Waals surface area contributed by atoms with E-state index in [0.29, 0.717) is 0 Å². The zero-order valence-corrected chi connectivity index (χ0v) is 8.76. The number of nitrogens with one attached hydrogen (secondary N) is 1. The lowest BCUT2D eigenvalue weighted by Gasteiger charge is -2.11. The number of likely N-dealkylation sites (tertiary alicyclic amines) is 1. The van der Waals surface area contributed by atoms with E-state index in [1.165, 1.54) is 32.5 Å². The van der Waals surface area contributed by atoms with Crippen LogP contribution in [0.4, 0.5) is 0 Å². The van der Waals surface area contributed by atoms with Crippen molar-refractivity contribution in [3.8, 4) is 0 Å². The normalized spacial score (nSPS) is 24.0. The Morgan fingerprint density at radius 1 is 1.46 bits per heavy atom. The van der Waals surface area contributed by atoms with Crippen molar-refractivity contribution >= 4 is 0 Å². The van der Waals surface area contributed by atoms with Gasteiger partial charge in [-0.15, -0.1) is 0 Å². The quantitative estimate of drug-likeness (QED) is 0.584. The molecule has 0 aromatic carbocycles. The highest BCUT2D eigenvalue weighted by Gasteiger charge is 2.18. The second-order valence-corrected chi connectivity index (χ2v) is 4.12. The van der Waals surface area contributed by atoms with E-state index in [2.05, 4.69) is 17.3 Å². The molecule has 78 valence electrons. The average molecular weight is 185 g/mol. The van der Waals surface area contributed by atoms with E-state index >= 15 is 0 Å². The topological polar surface area (TPSA) is 41.3 Å². The number of nitrogens with zero attached hydrogens (tertiary/aromatic N) is 1. The minimum Gasteiger partial charge on any atom is -0.330 e. The van der Waals surface area contributed by atoms with E-state index in [9.17, 15) is 0 Å². The van der Waals surface area contributed by atoms with Gasteiger partial charge in [0.05, 0.1) is 0 Å². The molecule has 13 heavy (non-hydrogen) atoms. The molecule has 0 aliphatic carbocycles. The minimum atomic E-state index is 0.827. The van der Waals surface area contributed by atoms with Crippen molar-refractivity contribution in [2.45, 2.75) is 19.3 Å². The fraction of sp³-hybridized carbons (Fsp3) is 1.00. The summed E-state index contributed by atoms with van der Waals surface area (Å²) < 4.78 is 0. The van der Waals surface area contributed by atoms with Crippen LogP contribution in [0.3, 0.4) is 0 Å². The van der Waals surface area contributed by atoms with E-state index in [0.717, 1.165) is 25.4 Å².